The Labute approximate surface area is 160 Å². The monoisotopic (exact) mass is 380 g/mol. The molecule has 2 aromatic heterocycles. The quantitative estimate of drug-likeness (QED) is 0.717. The number of aryl methyl sites for hydroxylation is 1. The molecule has 0 unspecified atom stereocenters. The molecule has 8 nitrogen and oxygen atoms in total. The highest BCUT2D eigenvalue weighted by Crippen LogP contribution is 2.31. The summed E-state index contributed by atoms with van der Waals surface area (Å²) in [5.74, 6) is 0.430. The van der Waals surface area contributed by atoms with Gasteiger partial charge in [0.25, 0.3) is 11.5 Å². The molecule has 1 atom stereocenters. The lowest BCUT2D eigenvalue weighted by Crippen LogP contribution is -2.33. The lowest BCUT2D eigenvalue weighted by molar-refractivity contribution is 0.0924. The molecule has 0 saturated carbocycles. The number of nitrogens with zero attached hydrogens (tertiary/aromatic N) is 2. The van der Waals surface area contributed by atoms with Crippen molar-refractivity contribution in [3.8, 4) is 5.75 Å². The van der Waals surface area contributed by atoms with E-state index in [1.807, 2.05) is 31.2 Å². The summed E-state index contributed by atoms with van der Waals surface area (Å²) in [7, 11) is 0. The van der Waals surface area contributed by atoms with E-state index in [9.17, 15) is 14.4 Å². The number of hydrogen-bond donors (Lipinski definition) is 2. The fraction of sp³-hybridized carbons (Fsp3) is 0.300. The van der Waals surface area contributed by atoms with Gasteiger partial charge in [0.15, 0.2) is 0 Å². The fourth-order valence-electron chi connectivity index (χ4n) is 3.46. The van der Waals surface area contributed by atoms with Crippen molar-refractivity contribution in [3.63, 3.8) is 0 Å². The predicted molar refractivity (Wildman–Crippen MR) is 104 cm³/mol. The van der Waals surface area contributed by atoms with Gasteiger partial charge in [-0.05, 0) is 18.6 Å². The number of rotatable bonds is 4. The summed E-state index contributed by atoms with van der Waals surface area (Å²) in [4.78, 5) is 43.6. The Kier molecular flexibility index (Phi) is 4.68. The highest BCUT2D eigenvalue weighted by molar-refractivity contribution is 5.97. The Balaban J connectivity index is 1.68. The van der Waals surface area contributed by atoms with Gasteiger partial charge in [-0.2, -0.15) is 0 Å². The zero-order valence-corrected chi connectivity index (χ0v) is 15.4. The van der Waals surface area contributed by atoms with E-state index in [4.69, 9.17) is 4.74 Å². The molecule has 0 fully saturated rings. The van der Waals surface area contributed by atoms with Crippen molar-refractivity contribution in [1.29, 1.82) is 0 Å². The number of fused-ring (bicyclic) bond motifs is 2. The lowest BCUT2D eigenvalue weighted by atomic mass is 10.0. The number of amides is 1. The van der Waals surface area contributed by atoms with Crippen LogP contribution in [0.3, 0.4) is 0 Å². The highest BCUT2D eigenvalue weighted by Gasteiger charge is 2.23. The van der Waals surface area contributed by atoms with Gasteiger partial charge in [-0.25, -0.2) is 9.78 Å². The predicted octanol–water partition coefficient (Wildman–Crippen LogP) is 1.75. The van der Waals surface area contributed by atoms with Crippen molar-refractivity contribution in [2.24, 2.45) is 0 Å². The van der Waals surface area contributed by atoms with Crippen LogP contribution in [-0.2, 0) is 6.54 Å². The first-order valence-corrected chi connectivity index (χ1v) is 9.24. The maximum atomic E-state index is 12.8. The summed E-state index contributed by atoms with van der Waals surface area (Å²) in [5, 5.41) is 3.20. The van der Waals surface area contributed by atoms with Crippen molar-refractivity contribution in [1.82, 2.24) is 19.9 Å². The maximum Gasteiger partial charge on any atom is 0.329 e. The number of hydrogen-bond acceptors (Lipinski definition) is 5. The number of H-pyrrole nitrogens is 1. The van der Waals surface area contributed by atoms with Gasteiger partial charge >= 0.3 is 5.69 Å². The number of pyridine rings is 1. The number of carbonyl (C=O) groups excluding carboxylic acids is 1. The van der Waals surface area contributed by atoms with Crippen LogP contribution < -0.4 is 21.3 Å². The molecule has 1 aromatic carbocycles. The molecule has 0 spiro atoms. The summed E-state index contributed by atoms with van der Waals surface area (Å²) >= 11 is 0. The Hall–Kier alpha value is -3.42. The third-order valence-electron chi connectivity index (χ3n) is 4.81. The number of nitrogens with one attached hydrogen (secondary N) is 2. The Morgan fingerprint density at radius 3 is 3.00 bits per heavy atom. The Bertz CT molecular complexity index is 1160. The molecule has 2 N–H and O–H groups in total. The number of benzene rings is 1. The number of para-hydroxylation sites is 1. The Morgan fingerprint density at radius 2 is 2.18 bits per heavy atom. The van der Waals surface area contributed by atoms with Crippen LogP contribution in [0.1, 0.15) is 41.7 Å². The van der Waals surface area contributed by atoms with Crippen molar-refractivity contribution in [2.45, 2.75) is 32.4 Å². The van der Waals surface area contributed by atoms with Gasteiger partial charge in [0, 0.05) is 24.7 Å². The first-order valence-electron chi connectivity index (χ1n) is 9.24. The average molecular weight is 380 g/mol. The molecular weight excluding hydrogens is 360 g/mol. The van der Waals surface area contributed by atoms with Gasteiger partial charge < -0.3 is 10.1 Å². The number of carbonyl (C=O) groups is 1. The van der Waals surface area contributed by atoms with Gasteiger partial charge in [0.05, 0.1) is 23.6 Å². The van der Waals surface area contributed by atoms with Crippen LogP contribution in [0.4, 0.5) is 0 Å². The second-order valence-corrected chi connectivity index (χ2v) is 6.71. The molecule has 144 valence electrons. The summed E-state index contributed by atoms with van der Waals surface area (Å²) in [5.41, 5.74) is 0.423. The normalized spacial score (nSPS) is 15.7. The molecule has 1 aliphatic rings. The molecule has 3 heterocycles. The Morgan fingerprint density at radius 1 is 1.36 bits per heavy atom. The van der Waals surface area contributed by atoms with E-state index >= 15 is 0 Å². The van der Waals surface area contributed by atoms with Crippen molar-refractivity contribution >= 4 is 16.9 Å². The minimum Gasteiger partial charge on any atom is -0.493 e. The van der Waals surface area contributed by atoms with Gasteiger partial charge in [0.1, 0.15) is 11.4 Å². The highest BCUT2D eigenvalue weighted by atomic mass is 16.5. The summed E-state index contributed by atoms with van der Waals surface area (Å²) in [6.45, 7) is 2.88. The largest absolute Gasteiger partial charge is 0.493 e. The number of aromatic amines is 1. The molecule has 28 heavy (non-hydrogen) atoms. The smallest absolute Gasteiger partial charge is 0.329 e. The molecule has 1 aliphatic heterocycles. The average Bonchev–Trinajstić information content (AvgIpc) is 2.71. The maximum absolute atomic E-state index is 12.8. The SMILES string of the molecule is CCCn1c(=O)[nH]c(=O)c2cc(C(=O)N[C@H]3CCOc4ccccc43)cnc21. The van der Waals surface area contributed by atoms with Crippen molar-refractivity contribution in [2.75, 3.05) is 6.61 Å². The van der Waals surface area contributed by atoms with E-state index in [0.717, 1.165) is 11.3 Å². The molecule has 4 rings (SSSR count). The fourth-order valence-corrected chi connectivity index (χ4v) is 3.46. The standard InChI is InChI=1S/C20H20N4O4/c1-2-8-24-17-14(19(26)23-20(24)27)10-12(11-21-17)18(25)22-15-7-9-28-16-6-4-3-5-13(15)16/h3-6,10-11,15H,2,7-9H2,1H3,(H,22,25)(H,23,26,27)/t15-/m0/s1. The van der Waals surface area contributed by atoms with Crippen LogP contribution in [0.5, 0.6) is 5.75 Å². The van der Waals surface area contributed by atoms with E-state index in [-0.39, 0.29) is 28.5 Å². The minimum atomic E-state index is -0.550. The first-order chi connectivity index (χ1) is 13.6. The van der Waals surface area contributed by atoms with Crippen LogP contribution >= 0.6 is 0 Å². The zero-order valence-electron chi connectivity index (χ0n) is 15.4. The van der Waals surface area contributed by atoms with Gasteiger partial charge in [-0.15, -0.1) is 0 Å². The van der Waals surface area contributed by atoms with Crippen molar-refractivity contribution in [3.05, 3.63) is 68.5 Å². The van der Waals surface area contributed by atoms with E-state index in [1.165, 1.54) is 16.8 Å². The second kappa shape index (κ2) is 7.30. The third kappa shape index (κ3) is 3.17. The first kappa shape index (κ1) is 18.0. The van der Waals surface area contributed by atoms with E-state index in [0.29, 0.717) is 26.0 Å². The van der Waals surface area contributed by atoms with Crippen molar-refractivity contribution < 1.29 is 9.53 Å². The van der Waals surface area contributed by atoms with Crippen LogP contribution in [0.2, 0.25) is 0 Å². The molecule has 8 heteroatoms. The summed E-state index contributed by atoms with van der Waals surface area (Å²) in [6, 6.07) is 8.88. The summed E-state index contributed by atoms with van der Waals surface area (Å²) < 4.78 is 7.03. The second-order valence-electron chi connectivity index (χ2n) is 6.71. The zero-order chi connectivity index (χ0) is 19.7. The molecular formula is C20H20N4O4. The van der Waals surface area contributed by atoms with E-state index in [1.54, 1.807) is 0 Å². The molecule has 0 aliphatic carbocycles. The molecule has 0 radical (unpaired) electrons. The third-order valence-corrected chi connectivity index (χ3v) is 4.81. The molecule has 3 aromatic rings. The van der Waals surface area contributed by atoms with E-state index < -0.39 is 11.2 Å². The number of ether oxygens (including phenoxy) is 1. The van der Waals surface area contributed by atoms with Crippen LogP contribution in [0.25, 0.3) is 11.0 Å². The topological polar surface area (TPSA) is 106 Å². The minimum absolute atomic E-state index is 0.180. The summed E-state index contributed by atoms with van der Waals surface area (Å²) in [6.07, 6.45) is 2.77. The van der Waals surface area contributed by atoms with E-state index in [2.05, 4.69) is 15.3 Å². The molecule has 1 amide bonds. The lowest BCUT2D eigenvalue weighted by Gasteiger charge is -2.26. The molecule has 0 bridgehead atoms. The number of aromatic nitrogens is 3. The van der Waals surface area contributed by atoms with Gasteiger partial charge in [-0.1, -0.05) is 25.1 Å². The van der Waals surface area contributed by atoms with Gasteiger partial charge in [-0.3, -0.25) is 19.1 Å². The van der Waals surface area contributed by atoms with Crippen LogP contribution in [-0.4, -0.2) is 27.0 Å². The molecule has 0 saturated heterocycles. The van der Waals surface area contributed by atoms with Crippen LogP contribution in [0, 0.1) is 0 Å². The van der Waals surface area contributed by atoms with Crippen LogP contribution in [0.15, 0.2) is 46.1 Å². The van der Waals surface area contributed by atoms with Gasteiger partial charge in [0.2, 0.25) is 0 Å².